The molecular weight excluding hydrogens is 286 g/mol. The maximum absolute atomic E-state index is 12.6. The van der Waals surface area contributed by atoms with Crippen LogP contribution in [0.5, 0.6) is 0 Å². The van der Waals surface area contributed by atoms with Gasteiger partial charge in [-0.05, 0) is 39.2 Å². The molecule has 23 heavy (non-hydrogen) atoms. The molecule has 1 heterocycles. The third-order valence-corrected chi connectivity index (χ3v) is 4.75. The Balaban J connectivity index is 1.78. The van der Waals surface area contributed by atoms with Crippen LogP contribution in [0, 0.1) is 20.8 Å². The summed E-state index contributed by atoms with van der Waals surface area (Å²) in [7, 11) is 0. The SMILES string of the molecule is Cc1ccc(Cn2nc(C)c(C(=O)NC3CCCC3)c2C)cc1. The normalized spacial score (nSPS) is 15.1. The quantitative estimate of drug-likeness (QED) is 0.939. The van der Waals surface area contributed by atoms with E-state index in [1.165, 1.54) is 24.0 Å². The van der Waals surface area contributed by atoms with Gasteiger partial charge in [-0.15, -0.1) is 0 Å². The number of nitrogens with one attached hydrogen (secondary N) is 1. The van der Waals surface area contributed by atoms with Gasteiger partial charge < -0.3 is 5.32 Å². The Morgan fingerprint density at radius 2 is 1.83 bits per heavy atom. The molecule has 1 aliphatic carbocycles. The molecule has 1 N–H and O–H groups in total. The molecule has 1 aromatic heterocycles. The standard InChI is InChI=1S/C19H25N3O/c1-13-8-10-16(11-9-13)12-22-15(3)18(14(2)21-22)19(23)20-17-6-4-5-7-17/h8-11,17H,4-7,12H2,1-3H3,(H,20,23). The molecule has 1 amide bonds. The number of aryl methyl sites for hydroxylation is 2. The van der Waals surface area contributed by atoms with E-state index < -0.39 is 0 Å². The molecule has 122 valence electrons. The average Bonchev–Trinajstić information content (AvgIpc) is 3.10. The van der Waals surface area contributed by atoms with Crippen molar-refractivity contribution in [2.24, 2.45) is 0 Å². The number of carbonyl (C=O) groups excluding carboxylic acids is 1. The van der Waals surface area contributed by atoms with Crippen LogP contribution in [-0.2, 0) is 6.54 Å². The van der Waals surface area contributed by atoms with E-state index in [2.05, 4.69) is 41.6 Å². The predicted octanol–water partition coefficient (Wildman–Crippen LogP) is 3.53. The van der Waals surface area contributed by atoms with Crippen LogP contribution >= 0.6 is 0 Å². The summed E-state index contributed by atoms with van der Waals surface area (Å²) in [6.07, 6.45) is 4.63. The van der Waals surface area contributed by atoms with Crippen molar-refractivity contribution in [1.29, 1.82) is 0 Å². The van der Waals surface area contributed by atoms with E-state index in [1.54, 1.807) is 0 Å². The van der Waals surface area contributed by atoms with Crippen molar-refractivity contribution in [2.75, 3.05) is 0 Å². The summed E-state index contributed by atoms with van der Waals surface area (Å²) in [5.74, 6) is 0.0297. The summed E-state index contributed by atoms with van der Waals surface area (Å²) in [5.41, 5.74) is 4.94. The molecule has 1 aliphatic rings. The zero-order valence-corrected chi connectivity index (χ0v) is 14.2. The van der Waals surface area contributed by atoms with Crippen LogP contribution in [0.25, 0.3) is 0 Å². The number of hydrogen-bond donors (Lipinski definition) is 1. The van der Waals surface area contributed by atoms with Crippen molar-refractivity contribution in [3.63, 3.8) is 0 Å². The molecule has 1 saturated carbocycles. The van der Waals surface area contributed by atoms with Gasteiger partial charge in [-0.25, -0.2) is 0 Å². The summed E-state index contributed by atoms with van der Waals surface area (Å²) < 4.78 is 1.93. The zero-order valence-electron chi connectivity index (χ0n) is 14.2. The Kier molecular flexibility index (Phi) is 4.51. The van der Waals surface area contributed by atoms with Gasteiger partial charge >= 0.3 is 0 Å². The fourth-order valence-electron chi connectivity index (χ4n) is 3.37. The second-order valence-electron chi connectivity index (χ2n) is 6.64. The Morgan fingerprint density at radius 1 is 1.17 bits per heavy atom. The number of benzene rings is 1. The van der Waals surface area contributed by atoms with Crippen LogP contribution in [0.1, 0.15) is 58.6 Å². The predicted molar refractivity (Wildman–Crippen MR) is 91.7 cm³/mol. The number of amides is 1. The number of nitrogens with zero attached hydrogens (tertiary/aromatic N) is 2. The molecule has 3 rings (SSSR count). The van der Waals surface area contributed by atoms with Gasteiger partial charge in [-0.2, -0.15) is 5.10 Å². The highest BCUT2D eigenvalue weighted by atomic mass is 16.1. The highest BCUT2D eigenvalue weighted by Gasteiger charge is 2.23. The summed E-state index contributed by atoms with van der Waals surface area (Å²) >= 11 is 0. The monoisotopic (exact) mass is 311 g/mol. The zero-order chi connectivity index (χ0) is 16.4. The summed E-state index contributed by atoms with van der Waals surface area (Å²) in [6.45, 7) is 6.68. The number of aromatic nitrogens is 2. The third-order valence-electron chi connectivity index (χ3n) is 4.75. The van der Waals surface area contributed by atoms with Crippen LogP contribution in [0.2, 0.25) is 0 Å². The summed E-state index contributed by atoms with van der Waals surface area (Å²) in [4.78, 5) is 12.6. The first-order valence-corrected chi connectivity index (χ1v) is 8.45. The molecule has 4 nitrogen and oxygen atoms in total. The van der Waals surface area contributed by atoms with Crippen molar-refractivity contribution in [3.8, 4) is 0 Å². The van der Waals surface area contributed by atoms with Crippen molar-refractivity contribution in [3.05, 3.63) is 52.3 Å². The molecular formula is C19H25N3O. The maximum atomic E-state index is 12.6. The lowest BCUT2D eigenvalue weighted by molar-refractivity contribution is 0.0936. The second-order valence-corrected chi connectivity index (χ2v) is 6.64. The van der Waals surface area contributed by atoms with Crippen molar-refractivity contribution >= 4 is 5.91 Å². The van der Waals surface area contributed by atoms with Crippen LogP contribution in [0.4, 0.5) is 0 Å². The van der Waals surface area contributed by atoms with Gasteiger partial charge in [0.25, 0.3) is 5.91 Å². The number of hydrogen-bond acceptors (Lipinski definition) is 2. The third kappa shape index (κ3) is 3.46. The molecule has 1 fully saturated rings. The van der Waals surface area contributed by atoms with Crippen LogP contribution in [0.15, 0.2) is 24.3 Å². The van der Waals surface area contributed by atoms with E-state index in [0.29, 0.717) is 12.6 Å². The lowest BCUT2D eigenvalue weighted by Gasteiger charge is -2.12. The first-order valence-electron chi connectivity index (χ1n) is 8.45. The maximum Gasteiger partial charge on any atom is 0.255 e. The fraction of sp³-hybridized carbons (Fsp3) is 0.474. The minimum absolute atomic E-state index is 0.0297. The van der Waals surface area contributed by atoms with Gasteiger partial charge in [-0.1, -0.05) is 42.7 Å². The Hall–Kier alpha value is -2.10. The molecule has 0 atom stereocenters. The first kappa shape index (κ1) is 15.8. The Morgan fingerprint density at radius 3 is 2.48 bits per heavy atom. The average molecular weight is 311 g/mol. The molecule has 1 aromatic carbocycles. The number of rotatable bonds is 4. The second kappa shape index (κ2) is 6.57. The summed E-state index contributed by atoms with van der Waals surface area (Å²) in [6, 6.07) is 8.78. The smallest absolute Gasteiger partial charge is 0.255 e. The largest absolute Gasteiger partial charge is 0.349 e. The molecule has 2 aromatic rings. The Labute approximate surface area is 137 Å². The van der Waals surface area contributed by atoms with E-state index >= 15 is 0 Å². The van der Waals surface area contributed by atoms with Gasteiger partial charge in [0, 0.05) is 11.7 Å². The minimum atomic E-state index is 0.0297. The van der Waals surface area contributed by atoms with Crippen molar-refractivity contribution in [2.45, 2.75) is 59.0 Å². The molecule has 0 saturated heterocycles. The van der Waals surface area contributed by atoms with Crippen LogP contribution in [0.3, 0.4) is 0 Å². The van der Waals surface area contributed by atoms with Crippen LogP contribution in [-0.4, -0.2) is 21.7 Å². The van der Waals surface area contributed by atoms with Crippen molar-refractivity contribution < 1.29 is 4.79 Å². The molecule has 0 unspecified atom stereocenters. The highest BCUT2D eigenvalue weighted by Crippen LogP contribution is 2.20. The van der Waals surface area contributed by atoms with E-state index in [1.807, 2.05) is 18.5 Å². The molecule has 0 bridgehead atoms. The molecule has 0 spiro atoms. The van der Waals surface area contributed by atoms with Crippen LogP contribution < -0.4 is 5.32 Å². The molecule has 0 aliphatic heterocycles. The van der Waals surface area contributed by atoms with Gasteiger partial charge in [-0.3, -0.25) is 9.48 Å². The van der Waals surface area contributed by atoms with E-state index in [9.17, 15) is 4.79 Å². The topological polar surface area (TPSA) is 46.9 Å². The van der Waals surface area contributed by atoms with Gasteiger partial charge in [0.05, 0.1) is 17.8 Å². The van der Waals surface area contributed by atoms with Gasteiger partial charge in [0.15, 0.2) is 0 Å². The van der Waals surface area contributed by atoms with E-state index in [-0.39, 0.29) is 5.91 Å². The minimum Gasteiger partial charge on any atom is -0.349 e. The van der Waals surface area contributed by atoms with Gasteiger partial charge in [0.1, 0.15) is 0 Å². The Bertz CT molecular complexity index is 694. The summed E-state index contributed by atoms with van der Waals surface area (Å²) in [5, 5.41) is 7.75. The first-order chi connectivity index (χ1) is 11.0. The highest BCUT2D eigenvalue weighted by molar-refractivity contribution is 5.96. The van der Waals surface area contributed by atoms with E-state index in [4.69, 9.17) is 0 Å². The molecule has 4 heteroatoms. The van der Waals surface area contributed by atoms with Crippen molar-refractivity contribution in [1.82, 2.24) is 15.1 Å². The van der Waals surface area contributed by atoms with Gasteiger partial charge in [0.2, 0.25) is 0 Å². The lowest BCUT2D eigenvalue weighted by Crippen LogP contribution is -2.33. The van der Waals surface area contributed by atoms with E-state index in [0.717, 1.165) is 29.8 Å². The number of carbonyl (C=O) groups is 1. The fourth-order valence-corrected chi connectivity index (χ4v) is 3.37. The lowest BCUT2D eigenvalue weighted by atomic mass is 10.1. The molecule has 0 radical (unpaired) electrons.